The molecule has 0 saturated heterocycles. The molecule has 5 aromatic rings. The van der Waals surface area contributed by atoms with Crippen LogP contribution in [-0.2, 0) is 11.3 Å². The number of aryl methyl sites for hydroxylation is 1. The highest BCUT2D eigenvalue weighted by Gasteiger charge is 2.17. The molecule has 0 unspecified atom stereocenters. The number of aromatic nitrogens is 4. The second-order valence-electron chi connectivity index (χ2n) is 6.36. The highest BCUT2D eigenvalue weighted by atomic mass is 16.5. The van der Waals surface area contributed by atoms with E-state index in [1.54, 1.807) is 13.0 Å². The molecule has 3 aromatic heterocycles. The van der Waals surface area contributed by atoms with E-state index in [0.29, 0.717) is 17.2 Å². The van der Waals surface area contributed by atoms with Crippen LogP contribution in [0.3, 0.4) is 0 Å². The van der Waals surface area contributed by atoms with E-state index in [-0.39, 0.29) is 12.5 Å². The third-order valence-corrected chi connectivity index (χ3v) is 4.45. The van der Waals surface area contributed by atoms with Crippen molar-refractivity contribution in [2.24, 2.45) is 0 Å². The Morgan fingerprint density at radius 3 is 2.59 bits per heavy atom. The first-order valence-electron chi connectivity index (χ1n) is 8.56. The minimum atomic E-state index is -0.207. The minimum absolute atomic E-state index is 0.100. The van der Waals surface area contributed by atoms with Gasteiger partial charge in [0.15, 0.2) is 11.5 Å². The second kappa shape index (κ2) is 5.91. The number of benzene rings is 2. The van der Waals surface area contributed by atoms with Gasteiger partial charge in [-0.15, -0.1) is 0 Å². The summed E-state index contributed by atoms with van der Waals surface area (Å²) in [5, 5.41) is 7.53. The topological polar surface area (TPSA) is 85.8 Å². The van der Waals surface area contributed by atoms with Crippen molar-refractivity contribution < 1.29 is 9.32 Å². The molecule has 0 aliphatic carbocycles. The summed E-state index contributed by atoms with van der Waals surface area (Å²) in [5.41, 5.74) is 4.00. The first-order chi connectivity index (χ1) is 13.2. The van der Waals surface area contributed by atoms with Gasteiger partial charge in [-0.2, -0.15) is 0 Å². The van der Waals surface area contributed by atoms with Crippen LogP contribution in [0.1, 0.15) is 5.76 Å². The van der Waals surface area contributed by atoms with Gasteiger partial charge < -0.3 is 14.4 Å². The lowest BCUT2D eigenvalue weighted by atomic mass is 10.2. The van der Waals surface area contributed by atoms with Crippen LogP contribution < -0.4 is 5.32 Å². The normalized spacial score (nSPS) is 11.4. The van der Waals surface area contributed by atoms with Gasteiger partial charge in [0.25, 0.3) is 0 Å². The quantitative estimate of drug-likeness (QED) is 0.532. The molecule has 5 rings (SSSR count). The predicted octanol–water partition coefficient (Wildman–Crippen LogP) is 3.67. The highest BCUT2D eigenvalue weighted by molar-refractivity contribution is 6.07. The zero-order valence-corrected chi connectivity index (χ0v) is 14.5. The smallest absolute Gasteiger partial charge is 0.245 e. The van der Waals surface area contributed by atoms with Crippen LogP contribution in [0.25, 0.3) is 33.1 Å². The molecule has 0 radical (unpaired) electrons. The van der Waals surface area contributed by atoms with Crippen molar-refractivity contribution in [3.63, 3.8) is 0 Å². The van der Waals surface area contributed by atoms with Crippen LogP contribution >= 0.6 is 0 Å². The summed E-state index contributed by atoms with van der Waals surface area (Å²) in [4.78, 5) is 22.1. The number of nitrogens with one attached hydrogen (secondary N) is 1. The maximum Gasteiger partial charge on any atom is 0.245 e. The lowest BCUT2D eigenvalue weighted by Gasteiger charge is -2.06. The minimum Gasteiger partial charge on any atom is -0.360 e. The second-order valence-corrected chi connectivity index (χ2v) is 6.36. The number of fused-ring (bicyclic) bond motifs is 4. The zero-order valence-electron chi connectivity index (χ0n) is 14.5. The molecule has 0 fully saturated rings. The van der Waals surface area contributed by atoms with Gasteiger partial charge in [0.05, 0.1) is 16.6 Å². The first-order valence-corrected chi connectivity index (χ1v) is 8.56. The zero-order chi connectivity index (χ0) is 18.4. The summed E-state index contributed by atoms with van der Waals surface area (Å²) in [5.74, 6) is 0.829. The van der Waals surface area contributed by atoms with Crippen molar-refractivity contribution in [1.29, 1.82) is 0 Å². The number of carbonyl (C=O) groups excluding carboxylic acids is 1. The molecular formula is C20H15N5O2. The molecular weight excluding hydrogens is 342 g/mol. The molecule has 0 saturated carbocycles. The van der Waals surface area contributed by atoms with Crippen molar-refractivity contribution in [3.05, 3.63) is 60.4 Å². The van der Waals surface area contributed by atoms with Crippen LogP contribution in [0.15, 0.2) is 59.1 Å². The summed E-state index contributed by atoms with van der Waals surface area (Å²) in [6, 6.07) is 17.3. The van der Waals surface area contributed by atoms with Crippen LogP contribution in [0, 0.1) is 6.92 Å². The molecule has 0 aliphatic heterocycles. The van der Waals surface area contributed by atoms with E-state index in [4.69, 9.17) is 14.5 Å². The molecule has 0 atom stereocenters. The number of para-hydroxylation sites is 3. The average molecular weight is 357 g/mol. The predicted molar refractivity (Wildman–Crippen MR) is 102 cm³/mol. The summed E-state index contributed by atoms with van der Waals surface area (Å²) >= 11 is 0. The van der Waals surface area contributed by atoms with Gasteiger partial charge in [-0.05, 0) is 25.1 Å². The maximum atomic E-state index is 12.6. The number of rotatable bonds is 3. The number of hydrogen-bond acceptors (Lipinski definition) is 5. The number of hydrogen-bond donors (Lipinski definition) is 1. The molecule has 2 aromatic carbocycles. The molecule has 132 valence electrons. The van der Waals surface area contributed by atoms with E-state index in [0.717, 1.165) is 27.5 Å². The van der Waals surface area contributed by atoms with Crippen molar-refractivity contribution in [1.82, 2.24) is 19.7 Å². The lowest BCUT2D eigenvalue weighted by Crippen LogP contribution is -2.19. The summed E-state index contributed by atoms with van der Waals surface area (Å²) in [7, 11) is 0. The third-order valence-electron chi connectivity index (χ3n) is 4.45. The standard InChI is InChI=1S/C20H15N5O2/c1-12-10-17(24-27-12)23-18(26)11-25-16-9-5-2-6-13(16)19-20(25)22-15-8-4-3-7-14(15)21-19/h2-10H,11H2,1H3,(H,23,24,26). The molecule has 7 heteroatoms. The molecule has 0 bridgehead atoms. The van der Waals surface area contributed by atoms with Crippen molar-refractivity contribution in [3.8, 4) is 0 Å². The van der Waals surface area contributed by atoms with Gasteiger partial charge in [-0.1, -0.05) is 35.5 Å². The molecule has 7 nitrogen and oxygen atoms in total. The number of anilines is 1. The lowest BCUT2D eigenvalue weighted by molar-refractivity contribution is -0.116. The Morgan fingerprint density at radius 1 is 1.07 bits per heavy atom. The van der Waals surface area contributed by atoms with Crippen LogP contribution in [0.5, 0.6) is 0 Å². The Labute approximate surface area is 153 Å². The molecule has 27 heavy (non-hydrogen) atoms. The van der Waals surface area contributed by atoms with Crippen molar-refractivity contribution >= 4 is 44.8 Å². The van der Waals surface area contributed by atoms with E-state index in [1.807, 2.05) is 53.1 Å². The van der Waals surface area contributed by atoms with Gasteiger partial charge in [0.1, 0.15) is 17.8 Å². The third kappa shape index (κ3) is 2.60. The molecule has 1 amide bonds. The molecule has 0 spiro atoms. The first kappa shape index (κ1) is 15.5. The van der Waals surface area contributed by atoms with E-state index in [1.165, 1.54) is 0 Å². The number of nitrogens with zero attached hydrogens (tertiary/aromatic N) is 4. The SMILES string of the molecule is Cc1cc(NC(=O)Cn2c3ccccc3c3nc4ccccc4nc32)no1. The molecule has 0 aliphatic rings. The van der Waals surface area contributed by atoms with Gasteiger partial charge in [-0.3, -0.25) is 4.79 Å². The van der Waals surface area contributed by atoms with Crippen molar-refractivity contribution in [2.75, 3.05) is 5.32 Å². The number of amides is 1. The fraction of sp³-hybridized carbons (Fsp3) is 0.100. The summed E-state index contributed by atoms with van der Waals surface area (Å²) in [6.07, 6.45) is 0. The Bertz CT molecular complexity index is 1320. The van der Waals surface area contributed by atoms with Gasteiger partial charge in [0.2, 0.25) is 5.91 Å². The number of carbonyl (C=O) groups is 1. The van der Waals surface area contributed by atoms with Crippen LogP contribution in [0.2, 0.25) is 0 Å². The Morgan fingerprint density at radius 2 is 1.81 bits per heavy atom. The van der Waals surface area contributed by atoms with E-state index < -0.39 is 0 Å². The van der Waals surface area contributed by atoms with Gasteiger partial charge in [0, 0.05) is 11.5 Å². The Kier molecular flexibility index (Phi) is 3.39. The Balaban J connectivity index is 1.65. The maximum absolute atomic E-state index is 12.6. The fourth-order valence-electron chi connectivity index (χ4n) is 3.29. The highest BCUT2D eigenvalue weighted by Crippen LogP contribution is 2.28. The monoisotopic (exact) mass is 357 g/mol. The largest absolute Gasteiger partial charge is 0.360 e. The van der Waals surface area contributed by atoms with Crippen LogP contribution in [0.4, 0.5) is 5.82 Å². The van der Waals surface area contributed by atoms with E-state index in [2.05, 4.69) is 10.5 Å². The van der Waals surface area contributed by atoms with E-state index in [9.17, 15) is 4.79 Å². The van der Waals surface area contributed by atoms with Gasteiger partial charge in [-0.25, -0.2) is 9.97 Å². The summed E-state index contributed by atoms with van der Waals surface area (Å²) in [6.45, 7) is 1.87. The van der Waals surface area contributed by atoms with Crippen molar-refractivity contribution in [2.45, 2.75) is 13.5 Å². The van der Waals surface area contributed by atoms with Gasteiger partial charge >= 0.3 is 0 Å². The Hall–Kier alpha value is -3.74. The fourth-order valence-corrected chi connectivity index (χ4v) is 3.29. The van der Waals surface area contributed by atoms with Crippen LogP contribution in [-0.4, -0.2) is 25.6 Å². The average Bonchev–Trinajstić information content (AvgIpc) is 3.22. The molecule has 3 heterocycles. The summed E-state index contributed by atoms with van der Waals surface area (Å²) < 4.78 is 6.88. The van der Waals surface area contributed by atoms with E-state index >= 15 is 0 Å². The molecule has 1 N–H and O–H groups in total.